The maximum atomic E-state index is 12.7. The van der Waals surface area contributed by atoms with E-state index >= 15 is 0 Å². The van der Waals surface area contributed by atoms with E-state index in [4.69, 9.17) is 0 Å². The third kappa shape index (κ3) is 3.14. The Morgan fingerprint density at radius 3 is 2.62 bits per heavy atom. The second-order valence-electron chi connectivity index (χ2n) is 2.81. The highest BCUT2D eigenvalue weighted by molar-refractivity contribution is 7.90. The summed E-state index contributed by atoms with van der Waals surface area (Å²) in [5.74, 6) is -0.395. The first kappa shape index (κ1) is 10.2. The van der Waals surface area contributed by atoms with Gasteiger partial charge in [0, 0.05) is 5.75 Å². The van der Waals surface area contributed by atoms with Gasteiger partial charge in [-0.05, 0) is 17.7 Å². The molecule has 0 aliphatic rings. The van der Waals surface area contributed by atoms with Crippen molar-refractivity contribution in [3.8, 4) is 0 Å². The van der Waals surface area contributed by atoms with Crippen molar-refractivity contribution < 1.29 is 12.8 Å². The van der Waals surface area contributed by atoms with Crippen LogP contribution in [0.25, 0.3) is 0 Å². The molecule has 0 atom stereocenters. The van der Waals surface area contributed by atoms with Gasteiger partial charge in [0.1, 0.15) is 5.82 Å². The van der Waals surface area contributed by atoms with Crippen LogP contribution in [-0.4, -0.2) is 14.2 Å². The normalized spacial score (nSPS) is 11.5. The van der Waals surface area contributed by atoms with E-state index in [0.717, 1.165) is 0 Å². The maximum Gasteiger partial charge on any atom is 0.154 e. The van der Waals surface area contributed by atoms with Gasteiger partial charge in [-0.2, -0.15) is 0 Å². The second-order valence-corrected chi connectivity index (χ2v) is 5.16. The fraction of sp³-hybridized carbons (Fsp3) is 0.333. The summed E-state index contributed by atoms with van der Waals surface area (Å²) in [6.45, 7) is 1.58. The summed E-state index contributed by atoms with van der Waals surface area (Å²) in [5, 5.41) is 0. The molecule has 0 heterocycles. The highest BCUT2D eigenvalue weighted by atomic mass is 32.2. The molecule has 0 fully saturated rings. The molecule has 13 heavy (non-hydrogen) atoms. The first-order valence-electron chi connectivity index (χ1n) is 3.98. The average Bonchev–Trinajstić information content (AvgIpc) is 2.03. The minimum absolute atomic E-state index is 0.0821. The van der Waals surface area contributed by atoms with Crippen molar-refractivity contribution in [1.82, 2.24) is 0 Å². The predicted octanol–water partition coefficient (Wildman–Crippen LogP) is 1.76. The van der Waals surface area contributed by atoms with Crippen molar-refractivity contribution in [3.63, 3.8) is 0 Å². The Morgan fingerprint density at radius 1 is 1.38 bits per heavy atom. The average molecular weight is 202 g/mol. The van der Waals surface area contributed by atoms with Gasteiger partial charge in [-0.3, -0.25) is 0 Å². The number of benzene rings is 1. The molecule has 0 amide bonds. The lowest BCUT2D eigenvalue weighted by Gasteiger charge is -2.00. The third-order valence-corrected chi connectivity index (χ3v) is 3.37. The van der Waals surface area contributed by atoms with Crippen molar-refractivity contribution in [2.75, 3.05) is 5.75 Å². The zero-order chi connectivity index (χ0) is 9.90. The molecule has 72 valence electrons. The van der Waals surface area contributed by atoms with Crippen LogP contribution in [-0.2, 0) is 15.6 Å². The molecule has 0 spiro atoms. The standard InChI is InChI=1S/C9H11FO2S/c1-2-13(11,12)7-8-4-3-5-9(10)6-8/h3-6H,2,7H2,1H3. The summed E-state index contributed by atoms with van der Waals surface area (Å²) in [7, 11) is -3.06. The van der Waals surface area contributed by atoms with E-state index in [0.29, 0.717) is 5.56 Å². The van der Waals surface area contributed by atoms with Crippen LogP contribution in [0.1, 0.15) is 12.5 Å². The van der Waals surface area contributed by atoms with Gasteiger partial charge < -0.3 is 0 Å². The van der Waals surface area contributed by atoms with E-state index < -0.39 is 15.7 Å². The van der Waals surface area contributed by atoms with E-state index in [1.54, 1.807) is 13.0 Å². The van der Waals surface area contributed by atoms with E-state index in [2.05, 4.69) is 0 Å². The van der Waals surface area contributed by atoms with Gasteiger partial charge in [0.2, 0.25) is 0 Å². The Labute approximate surface area is 77.3 Å². The SMILES string of the molecule is CCS(=O)(=O)Cc1cccc(F)c1. The Bertz CT molecular complexity index is 384. The number of sulfone groups is 1. The van der Waals surface area contributed by atoms with Crippen LogP contribution < -0.4 is 0 Å². The molecule has 0 N–H and O–H groups in total. The Kier molecular flexibility index (Phi) is 3.03. The monoisotopic (exact) mass is 202 g/mol. The lowest BCUT2D eigenvalue weighted by molar-refractivity contribution is 0.596. The van der Waals surface area contributed by atoms with Crippen LogP contribution in [0, 0.1) is 5.82 Å². The fourth-order valence-electron chi connectivity index (χ4n) is 0.983. The largest absolute Gasteiger partial charge is 0.229 e. The first-order chi connectivity index (χ1) is 6.03. The smallest absolute Gasteiger partial charge is 0.154 e. The molecule has 4 heteroatoms. The molecule has 0 saturated heterocycles. The molecule has 0 aromatic heterocycles. The summed E-state index contributed by atoms with van der Waals surface area (Å²) in [6, 6.07) is 5.65. The van der Waals surface area contributed by atoms with E-state index in [1.165, 1.54) is 18.2 Å². The minimum atomic E-state index is -3.06. The van der Waals surface area contributed by atoms with Crippen LogP contribution >= 0.6 is 0 Å². The first-order valence-corrected chi connectivity index (χ1v) is 5.80. The molecule has 0 bridgehead atoms. The molecule has 0 aliphatic carbocycles. The molecule has 0 saturated carbocycles. The van der Waals surface area contributed by atoms with E-state index in [1.807, 2.05) is 0 Å². The molecule has 0 unspecified atom stereocenters. The van der Waals surface area contributed by atoms with Crippen LogP contribution in [0.3, 0.4) is 0 Å². The van der Waals surface area contributed by atoms with Crippen molar-refractivity contribution in [2.24, 2.45) is 0 Å². The van der Waals surface area contributed by atoms with Crippen LogP contribution in [0.5, 0.6) is 0 Å². The van der Waals surface area contributed by atoms with Crippen molar-refractivity contribution in [2.45, 2.75) is 12.7 Å². The second kappa shape index (κ2) is 3.87. The maximum absolute atomic E-state index is 12.7. The molecule has 0 aliphatic heterocycles. The van der Waals surface area contributed by atoms with Crippen molar-refractivity contribution >= 4 is 9.84 Å². The summed E-state index contributed by atoms with van der Waals surface area (Å²) in [6.07, 6.45) is 0. The number of hydrogen-bond acceptors (Lipinski definition) is 2. The lowest BCUT2D eigenvalue weighted by atomic mass is 10.2. The predicted molar refractivity (Wildman–Crippen MR) is 49.6 cm³/mol. The molecule has 0 radical (unpaired) electrons. The fourth-order valence-corrected chi connectivity index (χ4v) is 1.87. The van der Waals surface area contributed by atoms with Gasteiger partial charge in [-0.1, -0.05) is 19.1 Å². The minimum Gasteiger partial charge on any atom is -0.229 e. The highest BCUT2D eigenvalue weighted by Gasteiger charge is 2.08. The number of hydrogen-bond donors (Lipinski definition) is 0. The summed E-state index contributed by atoms with van der Waals surface area (Å²) < 4.78 is 35.0. The number of halogens is 1. The van der Waals surface area contributed by atoms with Gasteiger partial charge in [0.25, 0.3) is 0 Å². The number of rotatable bonds is 3. The van der Waals surface area contributed by atoms with Gasteiger partial charge in [-0.25, -0.2) is 12.8 Å². The van der Waals surface area contributed by atoms with Crippen molar-refractivity contribution in [3.05, 3.63) is 35.6 Å². The lowest BCUT2D eigenvalue weighted by Crippen LogP contribution is -2.06. The quantitative estimate of drug-likeness (QED) is 0.748. The topological polar surface area (TPSA) is 34.1 Å². The summed E-state index contributed by atoms with van der Waals surface area (Å²) in [5.41, 5.74) is 0.502. The van der Waals surface area contributed by atoms with Crippen LogP contribution in [0.15, 0.2) is 24.3 Å². The van der Waals surface area contributed by atoms with E-state index in [-0.39, 0.29) is 11.5 Å². The van der Waals surface area contributed by atoms with Crippen LogP contribution in [0.4, 0.5) is 4.39 Å². The Hall–Kier alpha value is -0.900. The van der Waals surface area contributed by atoms with Gasteiger partial charge in [0.15, 0.2) is 9.84 Å². The van der Waals surface area contributed by atoms with Gasteiger partial charge in [-0.15, -0.1) is 0 Å². The van der Waals surface area contributed by atoms with Gasteiger partial charge >= 0.3 is 0 Å². The molecule has 1 rings (SSSR count). The Morgan fingerprint density at radius 2 is 2.08 bits per heavy atom. The third-order valence-electron chi connectivity index (χ3n) is 1.72. The molecule has 2 nitrogen and oxygen atoms in total. The summed E-state index contributed by atoms with van der Waals surface area (Å²) in [4.78, 5) is 0. The molecule has 1 aromatic carbocycles. The zero-order valence-corrected chi connectivity index (χ0v) is 8.14. The highest BCUT2D eigenvalue weighted by Crippen LogP contribution is 2.08. The zero-order valence-electron chi connectivity index (χ0n) is 7.33. The van der Waals surface area contributed by atoms with E-state index in [9.17, 15) is 12.8 Å². The molecular weight excluding hydrogens is 191 g/mol. The van der Waals surface area contributed by atoms with Gasteiger partial charge in [0.05, 0.1) is 5.75 Å². The summed E-state index contributed by atoms with van der Waals surface area (Å²) >= 11 is 0. The molecule has 1 aromatic rings. The van der Waals surface area contributed by atoms with Crippen molar-refractivity contribution in [1.29, 1.82) is 0 Å². The molecular formula is C9H11FO2S. The Balaban J connectivity index is 2.87. The van der Waals surface area contributed by atoms with Crippen LogP contribution in [0.2, 0.25) is 0 Å².